The number of thiocarbonyl (C=S) groups is 1. The molecule has 4 rings (SSSR count). The van der Waals surface area contributed by atoms with Crippen LogP contribution in [0.1, 0.15) is 5.56 Å². The van der Waals surface area contributed by atoms with Crippen molar-refractivity contribution in [2.24, 2.45) is 0 Å². The van der Waals surface area contributed by atoms with Gasteiger partial charge in [0.05, 0.1) is 32.1 Å². The number of fused-ring (bicyclic) bond motifs is 1. The Morgan fingerprint density at radius 2 is 1.72 bits per heavy atom. The molecule has 0 aliphatic carbocycles. The zero-order valence-electron chi connectivity index (χ0n) is 14.3. The number of nitrogens with zero attached hydrogens (tertiary/aromatic N) is 3. The lowest BCUT2D eigenvalue weighted by Crippen LogP contribution is -2.27. The number of anilines is 1. The predicted octanol–water partition coefficient (Wildman–Crippen LogP) is 3.64. The molecule has 0 saturated carbocycles. The number of carbonyl (C=O) groups is 1. The number of thioether (sulfide) groups is 1. The molecule has 10 nitrogen and oxygen atoms in total. The minimum absolute atomic E-state index is 0.0435. The first-order chi connectivity index (χ1) is 13.8. The second-order valence-corrected chi connectivity index (χ2v) is 7.49. The summed E-state index contributed by atoms with van der Waals surface area (Å²) in [5.74, 6) is 0.112. The lowest BCUT2D eigenvalue weighted by Gasteiger charge is -2.13. The molecule has 2 aliphatic heterocycles. The van der Waals surface area contributed by atoms with Crippen molar-refractivity contribution in [2.75, 3.05) is 11.7 Å². The van der Waals surface area contributed by atoms with Crippen LogP contribution in [-0.2, 0) is 4.79 Å². The summed E-state index contributed by atoms with van der Waals surface area (Å²) in [4.78, 5) is 35.3. The molecule has 0 N–H and O–H groups in total. The predicted molar refractivity (Wildman–Crippen MR) is 108 cm³/mol. The Kier molecular flexibility index (Phi) is 4.64. The molecule has 0 radical (unpaired) electrons. The molecule has 0 bridgehead atoms. The fourth-order valence-electron chi connectivity index (χ4n) is 2.78. The fraction of sp³-hybridized carbons (Fsp3) is 0.0588. The van der Waals surface area contributed by atoms with Crippen molar-refractivity contribution < 1.29 is 24.1 Å². The van der Waals surface area contributed by atoms with Crippen LogP contribution in [0.3, 0.4) is 0 Å². The molecule has 2 aromatic carbocycles. The topological polar surface area (TPSA) is 125 Å². The van der Waals surface area contributed by atoms with Gasteiger partial charge in [-0.15, -0.1) is 0 Å². The van der Waals surface area contributed by atoms with E-state index in [0.717, 1.165) is 11.8 Å². The molecule has 146 valence electrons. The van der Waals surface area contributed by atoms with Crippen molar-refractivity contribution in [1.29, 1.82) is 0 Å². The summed E-state index contributed by atoms with van der Waals surface area (Å²) < 4.78 is 10.6. The standard InChI is InChI=1S/C17H9N3O7S2/c21-16-15(6-9-5-13-14(27-8-26-13)7-12(9)20(24)25)29-17(28)18(16)10-1-3-11(4-2-10)19(22)23/h1-7H,8H2/b15-6+. The van der Waals surface area contributed by atoms with Crippen LogP contribution in [-0.4, -0.2) is 26.9 Å². The third kappa shape index (κ3) is 3.39. The first kappa shape index (κ1) is 18.8. The number of amides is 1. The molecule has 1 amide bonds. The van der Waals surface area contributed by atoms with E-state index < -0.39 is 15.8 Å². The Bertz CT molecular complexity index is 1110. The average molecular weight is 431 g/mol. The maximum absolute atomic E-state index is 12.8. The molecule has 2 heterocycles. The highest BCUT2D eigenvalue weighted by Gasteiger charge is 2.34. The van der Waals surface area contributed by atoms with Crippen molar-refractivity contribution in [2.45, 2.75) is 0 Å². The summed E-state index contributed by atoms with van der Waals surface area (Å²) in [5, 5.41) is 22.2. The van der Waals surface area contributed by atoms with Gasteiger partial charge in [-0.05, 0) is 24.3 Å². The Hall–Kier alpha value is -3.51. The van der Waals surface area contributed by atoms with Gasteiger partial charge in [0.2, 0.25) is 6.79 Å². The summed E-state index contributed by atoms with van der Waals surface area (Å²) in [6.45, 7) is -0.0435. The molecule has 2 aromatic rings. The van der Waals surface area contributed by atoms with Crippen LogP contribution in [0.2, 0.25) is 0 Å². The first-order valence-corrected chi connectivity index (χ1v) is 9.18. The second-order valence-electron chi connectivity index (χ2n) is 5.81. The number of rotatable bonds is 4. The van der Waals surface area contributed by atoms with Gasteiger partial charge in [0.1, 0.15) is 0 Å². The van der Waals surface area contributed by atoms with Crippen LogP contribution in [0.15, 0.2) is 41.3 Å². The van der Waals surface area contributed by atoms with Crippen molar-refractivity contribution in [1.82, 2.24) is 0 Å². The minimum Gasteiger partial charge on any atom is -0.454 e. The highest BCUT2D eigenvalue weighted by molar-refractivity contribution is 8.27. The number of hydrogen-bond acceptors (Lipinski definition) is 9. The Morgan fingerprint density at radius 1 is 1.07 bits per heavy atom. The van der Waals surface area contributed by atoms with E-state index >= 15 is 0 Å². The molecule has 12 heteroatoms. The van der Waals surface area contributed by atoms with Crippen LogP contribution < -0.4 is 14.4 Å². The normalized spacial score (nSPS) is 16.6. The van der Waals surface area contributed by atoms with E-state index in [2.05, 4.69) is 0 Å². The van der Waals surface area contributed by atoms with Crippen molar-refractivity contribution in [3.63, 3.8) is 0 Å². The smallest absolute Gasteiger partial charge is 0.280 e. The molecule has 29 heavy (non-hydrogen) atoms. The van der Waals surface area contributed by atoms with Crippen LogP contribution in [0, 0.1) is 20.2 Å². The second kappa shape index (κ2) is 7.14. The molecular weight excluding hydrogens is 422 g/mol. The maximum atomic E-state index is 12.8. The number of ether oxygens (including phenoxy) is 2. The summed E-state index contributed by atoms with van der Waals surface area (Å²) in [6.07, 6.45) is 1.37. The zero-order chi connectivity index (χ0) is 20.7. The van der Waals surface area contributed by atoms with Gasteiger partial charge in [0.25, 0.3) is 17.3 Å². The van der Waals surface area contributed by atoms with E-state index in [-0.39, 0.29) is 38.7 Å². The van der Waals surface area contributed by atoms with Crippen molar-refractivity contribution in [3.05, 3.63) is 67.1 Å². The van der Waals surface area contributed by atoms with Gasteiger partial charge in [-0.2, -0.15) is 0 Å². The van der Waals surface area contributed by atoms with Gasteiger partial charge < -0.3 is 9.47 Å². The molecule has 2 aliphatic rings. The highest BCUT2D eigenvalue weighted by atomic mass is 32.2. The van der Waals surface area contributed by atoms with E-state index in [9.17, 15) is 25.0 Å². The number of benzene rings is 2. The molecule has 1 saturated heterocycles. The van der Waals surface area contributed by atoms with Crippen molar-refractivity contribution in [3.8, 4) is 11.5 Å². The van der Waals surface area contributed by atoms with Crippen LogP contribution in [0.25, 0.3) is 6.08 Å². The monoisotopic (exact) mass is 431 g/mol. The number of non-ortho nitro benzene ring substituents is 1. The quantitative estimate of drug-likeness (QED) is 0.309. The number of nitro groups is 2. The maximum Gasteiger partial charge on any atom is 0.280 e. The van der Waals surface area contributed by atoms with Gasteiger partial charge in [0, 0.05) is 12.1 Å². The lowest BCUT2D eigenvalue weighted by atomic mass is 10.1. The largest absolute Gasteiger partial charge is 0.454 e. The molecule has 0 atom stereocenters. The Labute approximate surface area is 172 Å². The number of nitro benzene ring substituents is 2. The Balaban J connectivity index is 1.70. The summed E-state index contributed by atoms with van der Waals surface area (Å²) in [6, 6.07) is 8.02. The minimum atomic E-state index is -0.579. The molecule has 0 unspecified atom stereocenters. The van der Waals surface area contributed by atoms with E-state index in [1.807, 2.05) is 0 Å². The van der Waals surface area contributed by atoms with Crippen molar-refractivity contribution >= 4 is 57.3 Å². The summed E-state index contributed by atoms with van der Waals surface area (Å²) in [7, 11) is 0. The first-order valence-electron chi connectivity index (χ1n) is 7.95. The number of carbonyl (C=O) groups excluding carboxylic acids is 1. The molecule has 0 aromatic heterocycles. The fourth-order valence-corrected chi connectivity index (χ4v) is 4.07. The van der Waals surface area contributed by atoms with Gasteiger partial charge in [-0.3, -0.25) is 29.9 Å². The van der Waals surface area contributed by atoms with Crippen LogP contribution in [0.4, 0.5) is 17.1 Å². The van der Waals surface area contributed by atoms with Gasteiger partial charge in [-0.1, -0.05) is 24.0 Å². The summed E-state index contributed by atoms with van der Waals surface area (Å²) >= 11 is 6.23. The van der Waals surface area contributed by atoms with E-state index in [1.165, 1.54) is 47.4 Å². The van der Waals surface area contributed by atoms with Gasteiger partial charge in [0.15, 0.2) is 15.8 Å². The number of hydrogen-bond donors (Lipinski definition) is 0. The Morgan fingerprint density at radius 3 is 2.34 bits per heavy atom. The molecule has 0 spiro atoms. The third-order valence-corrected chi connectivity index (χ3v) is 5.42. The molecule has 1 fully saturated rings. The van der Waals surface area contributed by atoms with E-state index in [0.29, 0.717) is 11.4 Å². The SMILES string of the molecule is O=C1/C(=C\c2cc3c(cc2[N+](=O)[O-])OCO3)SC(=S)N1c1ccc([N+](=O)[O-])cc1. The van der Waals surface area contributed by atoms with Gasteiger partial charge in [-0.25, -0.2) is 0 Å². The van der Waals surface area contributed by atoms with E-state index in [4.69, 9.17) is 21.7 Å². The average Bonchev–Trinajstić information content (AvgIpc) is 3.25. The molecular formula is C17H9N3O7S2. The lowest BCUT2D eigenvalue weighted by molar-refractivity contribution is -0.385. The van der Waals surface area contributed by atoms with Crippen LogP contribution >= 0.6 is 24.0 Å². The van der Waals surface area contributed by atoms with Crippen LogP contribution in [0.5, 0.6) is 11.5 Å². The zero-order valence-corrected chi connectivity index (χ0v) is 15.9. The van der Waals surface area contributed by atoms with Gasteiger partial charge >= 0.3 is 0 Å². The van der Waals surface area contributed by atoms with E-state index in [1.54, 1.807) is 0 Å². The summed E-state index contributed by atoms with van der Waals surface area (Å²) in [5.41, 5.74) is 0.172. The third-order valence-electron chi connectivity index (χ3n) is 4.12. The highest BCUT2D eigenvalue weighted by Crippen LogP contribution is 2.41.